The summed E-state index contributed by atoms with van der Waals surface area (Å²) in [6, 6.07) is 2.69. The Balaban J connectivity index is 2.19. The molecule has 2 rings (SSSR count). The van der Waals surface area contributed by atoms with Crippen LogP contribution in [-0.4, -0.2) is 54.0 Å². The number of aromatic nitrogens is 1. The van der Waals surface area contributed by atoms with Gasteiger partial charge >= 0.3 is 0 Å². The number of likely N-dealkylation sites (N-methyl/N-ethyl adjacent to an activating group) is 1. The van der Waals surface area contributed by atoms with Crippen LogP contribution in [-0.2, 0) is 16.1 Å². The third-order valence-corrected chi connectivity index (χ3v) is 3.32. The molecule has 0 bridgehead atoms. The van der Waals surface area contributed by atoms with Crippen LogP contribution in [0.25, 0.3) is 0 Å². The van der Waals surface area contributed by atoms with E-state index in [1.54, 1.807) is 23.2 Å². The van der Waals surface area contributed by atoms with Crippen LogP contribution in [0, 0.1) is 0 Å². The lowest BCUT2D eigenvalue weighted by molar-refractivity contribution is -0.130. The predicted octanol–water partition coefficient (Wildman–Crippen LogP) is -0.483. The Bertz CT molecular complexity index is 521. The van der Waals surface area contributed by atoms with Crippen molar-refractivity contribution in [1.29, 1.82) is 0 Å². The van der Waals surface area contributed by atoms with Crippen LogP contribution in [0.3, 0.4) is 0 Å². The summed E-state index contributed by atoms with van der Waals surface area (Å²) >= 11 is 0. The smallest absolute Gasteiger partial charge is 0.254 e. The molecule has 0 saturated carbocycles. The number of pyridine rings is 1. The Kier molecular flexibility index (Phi) is 5.24. The highest BCUT2D eigenvalue weighted by Gasteiger charge is 2.33. The second kappa shape index (κ2) is 7.14. The van der Waals surface area contributed by atoms with Gasteiger partial charge in [-0.1, -0.05) is 0 Å². The molecule has 2 amide bonds. The van der Waals surface area contributed by atoms with Gasteiger partial charge in [0.25, 0.3) is 5.91 Å². The summed E-state index contributed by atoms with van der Waals surface area (Å²) in [5, 5.41) is 2.73. The molecule has 1 fully saturated rings. The second-order valence-electron chi connectivity index (χ2n) is 4.72. The zero-order valence-electron chi connectivity index (χ0n) is 12.0. The maximum Gasteiger partial charge on any atom is 0.254 e. The molecule has 0 radical (unpaired) electrons. The van der Waals surface area contributed by atoms with Gasteiger partial charge < -0.3 is 20.7 Å². The van der Waals surface area contributed by atoms with Gasteiger partial charge in [-0.25, -0.2) is 0 Å². The number of nitrogens with two attached hydrogens (primary N) is 1. The number of hydrogen-bond donors (Lipinski definition) is 2. The molecular formula is C14H20N4O3. The topological polar surface area (TPSA) is 97.5 Å². The van der Waals surface area contributed by atoms with Crippen LogP contribution in [0.4, 0.5) is 0 Å². The number of ether oxygens (including phenoxy) is 1. The van der Waals surface area contributed by atoms with E-state index in [2.05, 4.69) is 10.3 Å². The molecule has 1 unspecified atom stereocenters. The average Bonchev–Trinajstić information content (AvgIpc) is 2.54. The minimum atomic E-state index is -0.597. The zero-order valence-corrected chi connectivity index (χ0v) is 12.0. The van der Waals surface area contributed by atoms with Crippen molar-refractivity contribution < 1.29 is 14.3 Å². The van der Waals surface area contributed by atoms with Gasteiger partial charge in [0.05, 0.1) is 18.9 Å². The Morgan fingerprint density at radius 1 is 1.57 bits per heavy atom. The van der Waals surface area contributed by atoms with Crippen molar-refractivity contribution in [3.63, 3.8) is 0 Å². The number of morpholine rings is 1. The summed E-state index contributed by atoms with van der Waals surface area (Å²) < 4.78 is 5.32. The lowest BCUT2D eigenvalue weighted by atomic mass is 10.1. The van der Waals surface area contributed by atoms with Crippen LogP contribution < -0.4 is 11.1 Å². The minimum absolute atomic E-state index is 0.196. The van der Waals surface area contributed by atoms with E-state index in [0.29, 0.717) is 31.0 Å². The van der Waals surface area contributed by atoms with Crippen LogP contribution in [0.1, 0.15) is 23.0 Å². The van der Waals surface area contributed by atoms with E-state index in [1.165, 1.54) is 0 Å². The van der Waals surface area contributed by atoms with Crippen molar-refractivity contribution in [3.05, 3.63) is 29.6 Å². The number of rotatable bonds is 4. The van der Waals surface area contributed by atoms with Crippen molar-refractivity contribution in [2.75, 3.05) is 26.3 Å². The SMILES string of the molecule is CCNC(=O)C1COCCN1C(=O)c1ccnc(CN)c1. The molecule has 2 heterocycles. The minimum Gasteiger partial charge on any atom is -0.377 e. The monoisotopic (exact) mass is 292 g/mol. The van der Waals surface area contributed by atoms with Crippen molar-refractivity contribution in [2.24, 2.45) is 5.73 Å². The summed E-state index contributed by atoms with van der Waals surface area (Å²) in [5.41, 5.74) is 6.67. The molecule has 1 aromatic heterocycles. The van der Waals surface area contributed by atoms with Gasteiger partial charge in [-0.2, -0.15) is 0 Å². The first-order valence-corrected chi connectivity index (χ1v) is 6.98. The van der Waals surface area contributed by atoms with Crippen LogP contribution in [0.2, 0.25) is 0 Å². The zero-order chi connectivity index (χ0) is 15.2. The molecule has 0 aromatic carbocycles. The van der Waals surface area contributed by atoms with Crippen molar-refractivity contribution >= 4 is 11.8 Å². The Labute approximate surface area is 123 Å². The molecule has 1 aliphatic rings. The third-order valence-electron chi connectivity index (χ3n) is 3.32. The summed E-state index contributed by atoms with van der Waals surface area (Å²) in [4.78, 5) is 30.3. The standard InChI is InChI=1S/C14H20N4O3/c1-2-16-13(19)12-9-21-6-5-18(12)14(20)10-3-4-17-11(7-10)8-15/h3-4,7,12H,2,5-6,8-9,15H2,1H3,(H,16,19). The van der Waals surface area contributed by atoms with Gasteiger partial charge in [-0.05, 0) is 19.1 Å². The fourth-order valence-electron chi connectivity index (χ4n) is 2.24. The van der Waals surface area contributed by atoms with Crippen LogP contribution in [0.5, 0.6) is 0 Å². The van der Waals surface area contributed by atoms with Crippen molar-refractivity contribution in [2.45, 2.75) is 19.5 Å². The average molecular weight is 292 g/mol. The lowest BCUT2D eigenvalue weighted by Crippen LogP contribution is -2.55. The fraction of sp³-hybridized carbons (Fsp3) is 0.500. The van der Waals surface area contributed by atoms with Crippen molar-refractivity contribution in [1.82, 2.24) is 15.2 Å². The Morgan fingerprint density at radius 2 is 2.38 bits per heavy atom. The maximum atomic E-state index is 12.6. The van der Waals surface area contributed by atoms with E-state index in [9.17, 15) is 9.59 Å². The highest BCUT2D eigenvalue weighted by molar-refractivity contribution is 5.97. The second-order valence-corrected chi connectivity index (χ2v) is 4.72. The van der Waals surface area contributed by atoms with Gasteiger partial charge in [-0.15, -0.1) is 0 Å². The number of nitrogens with zero attached hydrogens (tertiary/aromatic N) is 2. The molecule has 114 valence electrons. The van der Waals surface area contributed by atoms with E-state index < -0.39 is 6.04 Å². The highest BCUT2D eigenvalue weighted by Crippen LogP contribution is 2.13. The van der Waals surface area contributed by atoms with Crippen molar-refractivity contribution in [3.8, 4) is 0 Å². The van der Waals surface area contributed by atoms with Gasteiger partial charge in [0.2, 0.25) is 5.91 Å². The number of amides is 2. The molecule has 3 N–H and O–H groups in total. The van der Waals surface area contributed by atoms with E-state index in [0.717, 1.165) is 0 Å². The molecule has 0 spiro atoms. The maximum absolute atomic E-state index is 12.6. The van der Waals surface area contributed by atoms with Crippen LogP contribution in [0.15, 0.2) is 18.3 Å². The molecule has 1 saturated heterocycles. The summed E-state index contributed by atoms with van der Waals surface area (Å²) in [6.07, 6.45) is 1.55. The molecule has 1 aromatic rings. The van der Waals surface area contributed by atoms with Gasteiger partial charge in [0.15, 0.2) is 0 Å². The predicted molar refractivity (Wildman–Crippen MR) is 76.5 cm³/mol. The highest BCUT2D eigenvalue weighted by atomic mass is 16.5. The number of carbonyl (C=O) groups is 2. The Hall–Kier alpha value is -1.99. The van der Waals surface area contributed by atoms with Gasteiger partial charge in [0, 0.05) is 31.4 Å². The lowest BCUT2D eigenvalue weighted by Gasteiger charge is -2.34. The quantitative estimate of drug-likeness (QED) is 0.781. The molecule has 1 aliphatic heterocycles. The molecule has 0 aliphatic carbocycles. The normalized spacial score (nSPS) is 18.4. The van der Waals surface area contributed by atoms with Crippen LogP contribution >= 0.6 is 0 Å². The van der Waals surface area contributed by atoms with Gasteiger partial charge in [0.1, 0.15) is 6.04 Å². The number of carbonyl (C=O) groups excluding carboxylic acids is 2. The van der Waals surface area contributed by atoms with E-state index >= 15 is 0 Å². The first-order chi connectivity index (χ1) is 10.2. The fourth-order valence-corrected chi connectivity index (χ4v) is 2.24. The number of nitrogens with one attached hydrogen (secondary N) is 1. The summed E-state index contributed by atoms with van der Waals surface area (Å²) in [6.45, 7) is 3.65. The number of hydrogen-bond acceptors (Lipinski definition) is 5. The first-order valence-electron chi connectivity index (χ1n) is 6.98. The first kappa shape index (κ1) is 15.4. The van der Waals surface area contributed by atoms with E-state index in [-0.39, 0.29) is 25.0 Å². The third kappa shape index (κ3) is 3.56. The van der Waals surface area contributed by atoms with E-state index in [4.69, 9.17) is 10.5 Å². The molecule has 7 heteroatoms. The molecular weight excluding hydrogens is 272 g/mol. The largest absolute Gasteiger partial charge is 0.377 e. The molecule has 7 nitrogen and oxygen atoms in total. The molecule has 1 atom stereocenters. The van der Waals surface area contributed by atoms with Gasteiger partial charge in [-0.3, -0.25) is 14.6 Å². The Morgan fingerprint density at radius 3 is 3.10 bits per heavy atom. The summed E-state index contributed by atoms with van der Waals surface area (Å²) in [7, 11) is 0. The molecule has 21 heavy (non-hydrogen) atoms. The summed E-state index contributed by atoms with van der Waals surface area (Å²) in [5.74, 6) is -0.398. The van der Waals surface area contributed by atoms with E-state index in [1.807, 2.05) is 6.92 Å².